The van der Waals surface area contributed by atoms with E-state index in [0.29, 0.717) is 18.1 Å². The summed E-state index contributed by atoms with van der Waals surface area (Å²) in [5, 5.41) is 0. The molecule has 5 nitrogen and oxygen atoms in total. The summed E-state index contributed by atoms with van der Waals surface area (Å²) in [5.74, 6) is 1.40. The number of anilines is 1. The van der Waals surface area contributed by atoms with Crippen molar-refractivity contribution in [3.05, 3.63) is 90.0 Å². The third-order valence-corrected chi connectivity index (χ3v) is 6.13. The second kappa shape index (κ2) is 8.02. The first kappa shape index (κ1) is 18.5. The Balaban J connectivity index is 1.68. The molecule has 0 bridgehead atoms. The van der Waals surface area contributed by atoms with E-state index >= 15 is 0 Å². The maximum Gasteiger partial charge on any atom is 0.263 e. The topological polar surface area (TPSA) is 72.2 Å². The number of nitrogens with zero attached hydrogens (tertiary/aromatic N) is 1. The van der Waals surface area contributed by atoms with Crippen LogP contribution in [0, 0.1) is 0 Å². The highest BCUT2D eigenvalue weighted by Crippen LogP contribution is 2.34. The molecule has 1 N–H and O–H groups in total. The van der Waals surface area contributed by atoms with Gasteiger partial charge in [-0.3, -0.25) is 4.72 Å². The molecule has 144 valence electrons. The van der Waals surface area contributed by atoms with Gasteiger partial charge < -0.3 is 4.42 Å². The monoisotopic (exact) mass is 394 g/mol. The first-order valence-electron chi connectivity index (χ1n) is 9.40. The lowest BCUT2D eigenvalue weighted by atomic mass is 9.94. The number of nitrogens with one attached hydrogen (secondary N) is 1. The third kappa shape index (κ3) is 4.17. The largest absolute Gasteiger partial charge is 0.442 e. The van der Waals surface area contributed by atoms with Crippen molar-refractivity contribution in [1.29, 1.82) is 0 Å². The highest BCUT2D eigenvalue weighted by atomic mass is 32.2. The number of allylic oxidation sites excluding steroid dienone is 2. The van der Waals surface area contributed by atoms with Crippen LogP contribution in [0.1, 0.15) is 42.4 Å². The van der Waals surface area contributed by atoms with E-state index in [1.807, 2.05) is 30.3 Å². The molecule has 1 atom stereocenters. The molecule has 2 aromatic carbocycles. The van der Waals surface area contributed by atoms with Crippen LogP contribution in [0.4, 0.5) is 5.82 Å². The van der Waals surface area contributed by atoms with Gasteiger partial charge in [-0.15, -0.1) is 0 Å². The van der Waals surface area contributed by atoms with Crippen molar-refractivity contribution in [2.75, 3.05) is 4.72 Å². The first-order valence-corrected chi connectivity index (χ1v) is 10.9. The third-order valence-electron chi connectivity index (χ3n) is 4.77. The fraction of sp³-hybridized carbons (Fsp3) is 0.227. The number of hydrogen-bond donors (Lipinski definition) is 1. The van der Waals surface area contributed by atoms with Crippen LogP contribution in [0.5, 0.6) is 0 Å². The van der Waals surface area contributed by atoms with Crippen molar-refractivity contribution in [3.63, 3.8) is 0 Å². The van der Waals surface area contributed by atoms with Crippen LogP contribution in [0.25, 0.3) is 0 Å². The second-order valence-corrected chi connectivity index (χ2v) is 8.55. The molecule has 1 aliphatic carbocycles. The Morgan fingerprint density at radius 3 is 2.43 bits per heavy atom. The van der Waals surface area contributed by atoms with Gasteiger partial charge in [0.25, 0.3) is 10.0 Å². The zero-order chi connectivity index (χ0) is 19.4. The van der Waals surface area contributed by atoms with E-state index in [1.54, 1.807) is 30.3 Å². The molecule has 28 heavy (non-hydrogen) atoms. The van der Waals surface area contributed by atoms with Gasteiger partial charge in [-0.25, -0.2) is 8.42 Å². The molecule has 3 aromatic rings. The number of aromatic nitrogens is 1. The van der Waals surface area contributed by atoms with Crippen LogP contribution in [0.2, 0.25) is 0 Å². The number of oxazole rings is 1. The van der Waals surface area contributed by atoms with E-state index in [9.17, 15) is 8.42 Å². The van der Waals surface area contributed by atoms with Gasteiger partial charge in [0.2, 0.25) is 5.89 Å². The zero-order valence-electron chi connectivity index (χ0n) is 15.4. The van der Waals surface area contributed by atoms with Gasteiger partial charge in [0.05, 0.1) is 4.90 Å². The molecule has 1 heterocycles. The molecule has 1 aliphatic rings. The minimum Gasteiger partial charge on any atom is -0.442 e. The standard InChI is InChI=1S/C22H22N2O3S/c25-28(26,19-14-8-3-9-15-19)24-22-21(18-12-6-2-7-13-18)27-20(23-22)16-17-10-4-1-5-11-17/h1,3-6,8-12,14-15,18,24H,2,7,13,16H2. The van der Waals surface area contributed by atoms with Crippen LogP contribution >= 0.6 is 0 Å². The summed E-state index contributed by atoms with van der Waals surface area (Å²) in [6.07, 6.45) is 7.70. The van der Waals surface area contributed by atoms with Crippen LogP contribution in [0.3, 0.4) is 0 Å². The van der Waals surface area contributed by atoms with Gasteiger partial charge in [-0.1, -0.05) is 60.7 Å². The minimum atomic E-state index is -3.73. The summed E-state index contributed by atoms with van der Waals surface area (Å²) in [6, 6.07) is 18.2. The van der Waals surface area contributed by atoms with Gasteiger partial charge in [-0.05, 0) is 37.0 Å². The van der Waals surface area contributed by atoms with E-state index in [2.05, 4.69) is 21.9 Å². The maximum atomic E-state index is 12.8. The molecule has 0 radical (unpaired) electrons. The van der Waals surface area contributed by atoms with Crippen molar-refractivity contribution in [3.8, 4) is 0 Å². The van der Waals surface area contributed by atoms with Crippen molar-refractivity contribution in [2.24, 2.45) is 0 Å². The highest BCUT2D eigenvalue weighted by Gasteiger charge is 2.26. The van der Waals surface area contributed by atoms with Crippen LogP contribution in [-0.2, 0) is 16.4 Å². The minimum absolute atomic E-state index is 0.0271. The molecule has 0 amide bonds. The number of rotatable bonds is 6. The first-order chi connectivity index (χ1) is 13.6. The Bertz CT molecular complexity index is 1060. The molecule has 0 aliphatic heterocycles. The zero-order valence-corrected chi connectivity index (χ0v) is 16.2. The number of hydrogen-bond acceptors (Lipinski definition) is 4. The molecule has 1 unspecified atom stereocenters. The SMILES string of the molecule is O=S(=O)(Nc1nc(Cc2ccccc2)oc1C1C=CCCC1)c1ccccc1. The molecule has 6 heteroatoms. The summed E-state index contributed by atoms with van der Waals surface area (Å²) in [5.41, 5.74) is 1.06. The van der Waals surface area contributed by atoms with Gasteiger partial charge in [-0.2, -0.15) is 4.98 Å². The Hall–Kier alpha value is -2.86. The summed E-state index contributed by atoms with van der Waals surface area (Å²) in [7, 11) is -3.73. The van der Waals surface area contributed by atoms with E-state index in [-0.39, 0.29) is 16.6 Å². The Labute approximate surface area is 165 Å². The predicted molar refractivity (Wildman–Crippen MR) is 109 cm³/mol. The van der Waals surface area contributed by atoms with Gasteiger partial charge >= 0.3 is 0 Å². The van der Waals surface area contributed by atoms with Gasteiger partial charge in [0, 0.05) is 12.3 Å². The van der Waals surface area contributed by atoms with Crippen molar-refractivity contribution in [1.82, 2.24) is 4.98 Å². The molecule has 0 spiro atoms. The second-order valence-electron chi connectivity index (χ2n) is 6.87. The molecule has 0 fully saturated rings. The molecular formula is C22H22N2O3S. The van der Waals surface area contributed by atoms with Gasteiger partial charge in [0.1, 0.15) is 0 Å². The normalized spacial score (nSPS) is 16.8. The number of sulfonamides is 1. The fourth-order valence-corrected chi connectivity index (χ4v) is 4.40. The Morgan fingerprint density at radius 1 is 1.04 bits per heavy atom. The lowest BCUT2D eigenvalue weighted by molar-refractivity contribution is 0.435. The molecule has 1 aromatic heterocycles. The van der Waals surface area contributed by atoms with Crippen LogP contribution in [0.15, 0.2) is 82.1 Å². The Kier molecular flexibility index (Phi) is 5.30. The van der Waals surface area contributed by atoms with E-state index in [4.69, 9.17) is 4.42 Å². The molecular weight excluding hydrogens is 372 g/mol. The lowest BCUT2D eigenvalue weighted by Crippen LogP contribution is -2.15. The van der Waals surface area contributed by atoms with Crippen molar-refractivity contribution < 1.29 is 12.8 Å². The smallest absolute Gasteiger partial charge is 0.263 e. The summed E-state index contributed by atoms with van der Waals surface area (Å²) >= 11 is 0. The molecule has 0 saturated carbocycles. The van der Waals surface area contributed by atoms with Crippen LogP contribution in [-0.4, -0.2) is 13.4 Å². The number of benzene rings is 2. The van der Waals surface area contributed by atoms with Gasteiger partial charge in [0.15, 0.2) is 11.6 Å². The van der Waals surface area contributed by atoms with Crippen molar-refractivity contribution >= 4 is 15.8 Å². The molecule has 4 rings (SSSR count). The average molecular weight is 394 g/mol. The van der Waals surface area contributed by atoms with E-state index < -0.39 is 10.0 Å². The maximum absolute atomic E-state index is 12.8. The van der Waals surface area contributed by atoms with E-state index in [0.717, 1.165) is 24.8 Å². The van der Waals surface area contributed by atoms with Crippen molar-refractivity contribution in [2.45, 2.75) is 36.5 Å². The predicted octanol–water partition coefficient (Wildman–Crippen LogP) is 4.89. The average Bonchev–Trinajstić information content (AvgIpc) is 3.11. The highest BCUT2D eigenvalue weighted by molar-refractivity contribution is 7.92. The van der Waals surface area contributed by atoms with E-state index in [1.165, 1.54) is 0 Å². The summed E-state index contributed by atoms with van der Waals surface area (Å²) in [6.45, 7) is 0. The van der Waals surface area contributed by atoms with Crippen LogP contribution < -0.4 is 4.72 Å². The molecule has 0 saturated heterocycles. The summed E-state index contributed by atoms with van der Waals surface area (Å²) < 4.78 is 34.3. The fourth-order valence-electron chi connectivity index (χ4n) is 3.37. The quantitative estimate of drug-likeness (QED) is 0.604. The Morgan fingerprint density at radius 2 is 1.75 bits per heavy atom. The summed E-state index contributed by atoms with van der Waals surface area (Å²) in [4.78, 5) is 4.70. The lowest BCUT2D eigenvalue weighted by Gasteiger charge is -2.15.